The van der Waals surface area contributed by atoms with E-state index in [0.29, 0.717) is 17.1 Å². The zero-order valence-corrected chi connectivity index (χ0v) is 8.83. The van der Waals surface area contributed by atoms with E-state index in [4.69, 9.17) is 21.7 Å². The van der Waals surface area contributed by atoms with Crippen LogP contribution in [0.3, 0.4) is 0 Å². The number of H-pyrrole nitrogens is 1. The van der Waals surface area contributed by atoms with E-state index in [-0.39, 0.29) is 6.61 Å². The Balaban J connectivity index is 2.10. The van der Waals surface area contributed by atoms with Crippen LogP contribution < -0.4 is 0 Å². The maximum absolute atomic E-state index is 9.02. The standard InChI is InChI=1S/C9H11N3O2S/c13-6-8-10-11-9(15)12(8)4-3-7-2-1-5-14-7/h1-2,5,13H,3-4,6H2,(H,11,15). The number of nitrogens with one attached hydrogen (secondary N) is 1. The third-order valence-electron chi connectivity index (χ3n) is 2.14. The summed E-state index contributed by atoms with van der Waals surface area (Å²) in [5.74, 6) is 1.44. The Bertz CT molecular complexity index is 472. The number of rotatable bonds is 4. The predicted molar refractivity (Wildman–Crippen MR) is 55.7 cm³/mol. The number of furan rings is 1. The van der Waals surface area contributed by atoms with Gasteiger partial charge in [-0.25, -0.2) is 0 Å². The van der Waals surface area contributed by atoms with Gasteiger partial charge in [0.05, 0.1) is 6.26 Å². The first-order valence-corrected chi connectivity index (χ1v) is 4.99. The van der Waals surface area contributed by atoms with E-state index < -0.39 is 0 Å². The Morgan fingerprint density at radius 1 is 1.60 bits per heavy atom. The van der Waals surface area contributed by atoms with Crippen molar-refractivity contribution >= 4 is 12.2 Å². The van der Waals surface area contributed by atoms with Gasteiger partial charge >= 0.3 is 0 Å². The maximum Gasteiger partial charge on any atom is 0.195 e. The average molecular weight is 225 g/mol. The van der Waals surface area contributed by atoms with Gasteiger partial charge in [0.2, 0.25) is 0 Å². The first kappa shape index (κ1) is 10.1. The molecule has 0 fully saturated rings. The molecular formula is C9H11N3O2S. The van der Waals surface area contributed by atoms with E-state index in [1.54, 1.807) is 10.8 Å². The van der Waals surface area contributed by atoms with Crippen LogP contribution in [0.25, 0.3) is 0 Å². The van der Waals surface area contributed by atoms with Gasteiger partial charge in [-0.1, -0.05) is 0 Å². The number of aliphatic hydroxyl groups is 1. The lowest BCUT2D eigenvalue weighted by Crippen LogP contribution is -2.06. The first-order valence-electron chi connectivity index (χ1n) is 4.58. The normalized spacial score (nSPS) is 10.7. The average Bonchev–Trinajstić information content (AvgIpc) is 2.84. The quantitative estimate of drug-likeness (QED) is 0.769. The maximum atomic E-state index is 9.02. The fraction of sp³-hybridized carbons (Fsp3) is 0.333. The fourth-order valence-corrected chi connectivity index (χ4v) is 1.62. The van der Waals surface area contributed by atoms with Gasteiger partial charge in [-0.3, -0.25) is 5.10 Å². The van der Waals surface area contributed by atoms with Crippen molar-refractivity contribution in [3.63, 3.8) is 0 Å². The van der Waals surface area contributed by atoms with E-state index in [9.17, 15) is 0 Å². The second-order valence-corrected chi connectivity index (χ2v) is 3.47. The summed E-state index contributed by atoms with van der Waals surface area (Å²) in [5, 5.41) is 15.6. The number of hydrogen-bond donors (Lipinski definition) is 2. The molecule has 2 rings (SSSR count). The van der Waals surface area contributed by atoms with Crippen LogP contribution in [-0.2, 0) is 19.6 Å². The number of aliphatic hydroxyl groups excluding tert-OH is 1. The van der Waals surface area contributed by atoms with Crippen LogP contribution in [0.2, 0.25) is 0 Å². The minimum atomic E-state index is -0.120. The number of hydrogen-bond acceptors (Lipinski definition) is 4. The largest absolute Gasteiger partial charge is 0.469 e. The van der Waals surface area contributed by atoms with E-state index in [1.165, 1.54) is 0 Å². The van der Waals surface area contributed by atoms with E-state index in [0.717, 1.165) is 12.2 Å². The van der Waals surface area contributed by atoms with E-state index >= 15 is 0 Å². The fourth-order valence-electron chi connectivity index (χ4n) is 1.38. The van der Waals surface area contributed by atoms with Crippen LogP contribution in [0.4, 0.5) is 0 Å². The highest BCUT2D eigenvalue weighted by atomic mass is 32.1. The molecule has 0 saturated heterocycles. The molecule has 2 aromatic heterocycles. The lowest BCUT2D eigenvalue weighted by molar-refractivity contribution is 0.264. The van der Waals surface area contributed by atoms with Gasteiger partial charge in [0.25, 0.3) is 0 Å². The van der Waals surface area contributed by atoms with E-state index in [1.807, 2.05) is 12.1 Å². The zero-order chi connectivity index (χ0) is 10.7. The lowest BCUT2D eigenvalue weighted by Gasteiger charge is -2.02. The second-order valence-electron chi connectivity index (χ2n) is 3.08. The van der Waals surface area contributed by atoms with Crippen LogP contribution in [0, 0.1) is 4.77 Å². The van der Waals surface area contributed by atoms with Gasteiger partial charge in [-0.2, -0.15) is 5.10 Å². The molecule has 80 valence electrons. The Morgan fingerprint density at radius 2 is 2.47 bits per heavy atom. The van der Waals surface area contributed by atoms with Gasteiger partial charge in [-0.15, -0.1) is 0 Å². The van der Waals surface area contributed by atoms with Crippen LogP contribution in [0.1, 0.15) is 11.6 Å². The second kappa shape index (κ2) is 4.41. The highest BCUT2D eigenvalue weighted by Gasteiger charge is 2.05. The van der Waals surface area contributed by atoms with Crippen molar-refractivity contribution in [2.24, 2.45) is 0 Å². The number of aryl methyl sites for hydroxylation is 1. The molecule has 0 radical (unpaired) electrons. The van der Waals surface area contributed by atoms with Crippen LogP contribution in [-0.4, -0.2) is 19.9 Å². The monoisotopic (exact) mass is 225 g/mol. The van der Waals surface area contributed by atoms with Crippen molar-refractivity contribution in [1.82, 2.24) is 14.8 Å². The van der Waals surface area contributed by atoms with Gasteiger partial charge in [0.1, 0.15) is 12.4 Å². The predicted octanol–water partition coefficient (Wildman–Crippen LogP) is 1.27. The SMILES string of the molecule is OCc1n[nH]c(=S)n1CCc1ccco1. The molecule has 0 aliphatic heterocycles. The van der Waals surface area contributed by atoms with Crippen molar-refractivity contribution < 1.29 is 9.52 Å². The molecule has 0 amide bonds. The van der Waals surface area contributed by atoms with Crippen molar-refractivity contribution in [2.45, 2.75) is 19.6 Å². The highest BCUT2D eigenvalue weighted by Crippen LogP contribution is 2.05. The van der Waals surface area contributed by atoms with Gasteiger partial charge in [0, 0.05) is 13.0 Å². The third-order valence-corrected chi connectivity index (χ3v) is 2.45. The molecule has 0 bridgehead atoms. The first-order chi connectivity index (χ1) is 7.31. The zero-order valence-electron chi connectivity index (χ0n) is 8.01. The van der Waals surface area contributed by atoms with Crippen LogP contribution in [0.15, 0.2) is 22.8 Å². The van der Waals surface area contributed by atoms with Crippen LogP contribution >= 0.6 is 12.2 Å². The third kappa shape index (κ3) is 2.16. The molecule has 0 spiro atoms. The molecule has 0 aliphatic carbocycles. The molecule has 0 aromatic carbocycles. The summed E-state index contributed by atoms with van der Waals surface area (Å²) in [4.78, 5) is 0. The Labute approximate surface area is 91.4 Å². The van der Waals surface area contributed by atoms with Crippen molar-refractivity contribution in [3.8, 4) is 0 Å². The highest BCUT2D eigenvalue weighted by molar-refractivity contribution is 7.71. The smallest absolute Gasteiger partial charge is 0.195 e. The molecule has 5 nitrogen and oxygen atoms in total. The summed E-state index contributed by atoms with van der Waals surface area (Å²) in [6.45, 7) is 0.532. The molecule has 2 aromatic rings. The minimum absolute atomic E-state index is 0.120. The molecule has 0 aliphatic rings. The van der Waals surface area contributed by atoms with Gasteiger partial charge in [-0.05, 0) is 24.4 Å². The minimum Gasteiger partial charge on any atom is -0.469 e. The summed E-state index contributed by atoms with van der Waals surface area (Å²) in [6, 6.07) is 3.75. The van der Waals surface area contributed by atoms with Crippen molar-refractivity contribution in [1.29, 1.82) is 0 Å². The molecule has 2 N–H and O–H groups in total. The number of aromatic nitrogens is 3. The Kier molecular flexibility index (Phi) is 2.98. The van der Waals surface area contributed by atoms with E-state index in [2.05, 4.69) is 10.2 Å². The lowest BCUT2D eigenvalue weighted by atomic mass is 10.3. The number of nitrogens with zero attached hydrogens (tertiary/aromatic N) is 2. The molecule has 0 unspecified atom stereocenters. The van der Waals surface area contributed by atoms with Crippen molar-refractivity contribution in [2.75, 3.05) is 0 Å². The Hall–Kier alpha value is -1.40. The summed E-state index contributed by atoms with van der Waals surface area (Å²) >= 11 is 5.04. The molecule has 0 saturated carbocycles. The number of aromatic amines is 1. The summed E-state index contributed by atoms with van der Waals surface area (Å²) in [6.07, 6.45) is 2.37. The molecule has 0 atom stereocenters. The topological polar surface area (TPSA) is 67.0 Å². The summed E-state index contributed by atoms with van der Waals surface area (Å²) in [5.41, 5.74) is 0. The van der Waals surface area contributed by atoms with Crippen LogP contribution in [0.5, 0.6) is 0 Å². The van der Waals surface area contributed by atoms with Gasteiger partial charge < -0.3 is 14.1 Å². The molecule has 6 heteroatoms. The van der Waals surface area contributed by atoms with Gasteiger partial charge in [0.15, 0.2) is 10.6 Å². The summed E-state index contributed by atoms with van der Waals surface area (Å²) in [7, 11) is 0. The molecular weight excluding hydrogens is 214 g/mol. The summed E-state index contributed by atoms with van der Waals surface area (Å²) < 4.78 is 7.49. The van der Waals surface area contributed by atoms with Crippen molar-refractivity contribution in [3.05, 3.63) is 34.8 Å². The molecule has 15 heavy (non-hydrogen) atoms. The Morgan fingerprint density at radius 3 is 3.13 bits per heavy atom. The molecule has 2 heterocycles.